The molecule has 0 heterocycles. The predicted molar refractivity (Wildman–Crippen MR) is 79.9 cm³/mol. The Morgan fingerprint density at radius 2 is 1.84 bits per heavy atom. The molecule has 5 nitrogen and oxygen atoms in total. The summed E-state index contributed by atoms with van der Waals surface area (Å²) >= 11 is 0. The Kier molecular flexibility index (Phi) is 5.34. The Labute approximate surface area is 142 Å². The summed E-state index contributed by atoms with van der Waals surface area (Å²) in [6.07, 6.45) is -4.90. The van der Waals surface area contributed by atoms with Crippen LogP contribution in [0.1, 0.15) is 33.6 Å². The topological polar surface area (TPSA) is 56.8 Å². The predicted octanol–water partition coefficient (Wildman–Crippen LogP) is 4.16. The fourth-order valence-corrected chi connectivity index (χ4v) is 2.21. The second-order valence-electron chi connectivity index (χ2n) is 6.69. The van der Waals surface area contributed by atoms with Gasteiger partial charge >= 0.3 is 12.5 Å². The number of ether oxygens (including phenoxy) is 3. The van der Waals surface area contributed by atoms with Crippen molar-refractivity contribution in [3.8, 4) is 11.5 Å². The van der Waals surface area contributed by atoms with Gasteiger partial charge in [-0.3, -0.25) is 0 Å². The van der Waals surface area contributed by atoms with E-state index in [4.69, 9.17) is 9.47 Å². The van der Waals surface area contributed by atoms with E-state index >= 15 is 0 Å². The summed E-state index contributed by atoms with van der Waals surface area (Å²) < 4.78 is 64.1. The average molecular weight is 365 g/mol. The normalized spacial score (nSPS) is 20.4. The highest BCUT2D eigenvalue weighted by molar-refractivity contribution is 5.68. The highest BCUT2D eigenvalue weighted by Gasteiger charge is 2.35. The summed E-state index contributed by atoms with van der Waals surface area (Å²) in [6, 6.07) is 2.75. The van der Waals surface area contributed by atoms with Crippen LogP contribution in [0.5, 0.6) is 11.5 Å². The van der Waals surface area contributed by atoms with Crippen LogP contribution in [0, 0.1) is 5.82 Å². The van der Waals surface area contributed by atoms with Gasteiger partial charge in [0.15, 0.2) is 11.6 Å². The van der Waals surface area contributed by atoms with Crippen molar-refractivity contribution < 1.29 is 36.6 Å². The molecule has 1 aliphatic carbocycles. The van der Waals surface area contributed by atoms with Crippen molar-refractivity contribution in [1.82, 2.24) is 5.32 Å². The summed E-state index contributed by atoms with van der Waals surface area (Å²) in [7, 11) is 0. The molecule has 0 radical (unpaired) electrons. The third-order valence-corrected chi connectivity index (χ3v) is 3.25. The fourth-order valence-electron chi connectivity index (χ4n) is 2.21. The molecule has 25 heavy (non-hydrogen) atoms. The third kappa shape index (κ3) is 6.32. The summed E-state index contributed by atoms with van der Waals surface area (Å²) in [4.78, 5) is 11.6. The minimum absolute atomic E-state index is 0.0568. The maximum absolute atomic E-state index is 13.3. The van der Waals surface area contributed by atoms with Crippen LogP contribution in [0.15, 0.2) is 18.2 Å². The molecule has 1 aromatic rings. The molecular formula is C16H19F4NO4. The number of hydrogen-bond acceptors (Lipinski definition) is 4. The van der Waals surface area contributed by atoms with Crippen LogP contribution in [0.2, 0.25) is 0 Å². The second-order valence-corrected chi connectivity index (χ2v) is 6.69. The molecule has 1 aromatic carbocycles. The number of nitrogens with one attached hydrogen (secondary N) is 1. The molecule has 0 aromatic heterocycles. The molecule has 9 heteroatoms. The molecule has 1 fully saturated rings. The molecule has 1 aliphatic rings. The van der Waals surface area contributed by atoms with Gasteiger partial charge in [0, 0.05) is 24.9 Å². The summed E-state index contributed by atoms with van der Waals surface area (Å²) in [5.41, 5.74) is -0.604. The Hall–Kier alpha value is -2.19. The van der Waals surface area contributed by atoms with Crippen LogP contribution in [0.3, 0.4) is 0 Å². The van der Waals surface area contributed by atoms with Gasteiger partial charge < -0.3 is 19.5 Å². The maximum atomic E-state index is 13.3. The van der Waals surface area contributed by atoms with Crippen LogP contribution in [0.4, 0.5) is 22.4 Å². The fraction of sp³-hybridized carbons (Fsp3) is 0.562. The molecule has 0 aliphatic heterocycles. The molecule has 1 N–H and O–H groups in total. The van der Waals surface area contributed by atoms with Crippen molar-refractivity contribution in [1.29, 1.82) is 0 Å². The zero-order valence-electron chi connectivity index (χ0n) is 13.9. The zero-order chi connectivity index (χ0) is 18.8. The highest BCUT2D eigenvalue weighted by atomic mass is 19.4. The molecule has 1 saturated carbocycles. The number of benzene rings is 1. The quantitative estimate of drug-likeness (QED) is 0.814. The van der Waals surface area contributed by atoms with Gasteiger partial charge in [-0.2, -0.15) is 0 Å². The van der Waals surface area contributed by atoms with E-state index in [1.54, 1.807) is 20.8 Å². The molecule has 0 atom stereocenters. The summed E-state index contributed by atoms with van der Waals surface area (Å²) in [5.74, 6) is -2.03. The van der Waals surface area contributed by atoms with Crippen molar-refractivity contribution in [2.24, 2.45) is 0 Å². The molecule has 0 saturated heterocycles. The van der Waals surface area contributed by atoms with Crippen molar-refractivity contribution >= 4 is 6.09 Å². The van der Waals surface area contributed by atoms with Crippen LogP contribution in [0.25, 0.3) is 0 Å². The monoisotopic (exact) mass is 365 g/mol. The Balaban J connectivity index is 1.83. The molecule has 0 unspecified atom stereocenters. The Bertz CT molecular complexity index is 622. The second kappa shape index (κ2) is 6.97. The smallest absolute Gasteiger partial charge is 0.490 e. The zero-order valence-corrected chi connectivity index (χ0v) is 13.9. The minimum Gasteiger partial charge on any atom is -0.490 e. The largest absolute Gasteiger partial charge is 0.573 e. The van der Waals surface area contributed by atoms with Gasteiger partial charge in [0.2, 0.25) is 0 Å². The van der Waals surface area contributed by atoms with Gasteiger partial charge in [-0.1, -0.05) is 0 Å². The van der Waals surface area contributed by atoms with Crippen LogP contribution in [-0.2, 0) is 4.74 Å². The Morgan fingerprint density at radius 3 is 2.40 bits per heavy atom. The molecule has 140 valence electrons. The lowest BCUT2D eigenvalue weighted by atomic mass is 9.89. The third-order valence-electron chi connectivity index (χ3n) is 3.25. The van der Waals surface area contributed by atoms with Crippen molar-refractivity contribution in [3.63, 3.8) is 0 Å². The number of alkyl carbamates (subject to hydrolysis) is 1. The molecule has 2 rings (SSSR count). The number of carbonyl (C=O) groups excluding carboxylic acids is 1. The first kappa shape index (κ1) is 19.1. The number of rotatable bonds is 4. The van der Waals surface area contributed by atoms with Gasteiger partial charge in [-0.05, 0) is 32.9 Å². The number of alkyl halides is 3. The maximum Gasteiger partial charge on any atom is 0.573 e. The van der Waals surface area contributed by atoms with Crippen molar-refractivity contribution in [2.75, 3.05) is 0 Å². The molecule has 0 spiro atoms. The van der Waals surface area contributed by atoms with E-state index in [1.807, 2.05) is 0 Å². The molecule has 1 amide bonds. The van der Waals surface area contributed by atoms with E-state index in [-0.39, 0.29) is 17.9 Å². The van der Waals surface area contributed by atoms with E-state index in [0.29, 0.717) is 12.8 Å². The number of hydrogen-bond donors (Lipinski definition) is 1. The number of amides is 1. The highest BCUT2D eigenvalue weighted by Crippen LogP contribution is 2.32. The van der Waals surface area contributed by atoms with E-state index < -0.39 is 29.6 Å². The minimum atomic E-state index is -4.99. The summed E-state index contributed by atoms with van der Waals surface area (Å²) in [5, 5.41) is 2.67. The molecular weight excluding hydrogens is 346 g/mol. The molecule has 0 bridgehead atoms. The lowest BCUT2D eigenvalue weighted by Gasteiger charge is -2.36. The van der Waals surface area contributed by atoms with Crippen molar-refractivity contribution in [2.45, 2.75) is 57.7 Å². The van der Waals surface area contributed by atoms with E-state index in [1.165, 1.54) is 6.07 Å². The lowest BCUT2D eigenvalue weighted by molar-refractivity contribution is -0.275. The van der Waals surface area contributed by atoms with E-state index in [9.17, 15) is 22.4 Å². The standard InChI is InChI=1S/C16H19F4NO4/c1-15(2,3)25-14(22)21-9-6-11(7-9)23-10-4-5-12(17)13(8-10)24-16(18,19)20/h4-5,8-9,11H,6-7H2,1-3H3,(H,21,22). The van der Waals surface area contributed by atoms with Gasteiger partial charge in [0.25, 0.3) is 0 Å². The van der Waals surface area contributed by atoms with E-state index in [2.05, 4.69) is 10.1 Å². The Morgan fingerprint density at radius 1 is 1.20 bits per heavy atom. The summed E-state index contributed by atoms with van der Waals surface area (Å²) in [6.45, 7) is 5.23. The first-order chi connectivity index (χ1) is 11.4. The van der Waals surface area contributed by atoms with Gasteiger partial charge in [0.1, 0.15) is 17.5 Å². The van der Waals surface area contributed by atoms with Crippen LogP contribution in [-0.4, -0.2) is 30.2 Å². The van der Waals surface area contributed by atoms with Gasteiger partial charge in [-0.15, -0.1) is 13.2 Å². The SMILES string of the molecule is CC(C)(C)OC(=O)NC1CC(Oc2ccc(F)c(OC(F)(F)F)c2)C1. The van der Waals surface area contributed by atoms with Crippen LogP contribution < -0.4 is 14.8 Å². The number of carbonyl (C=O) groups is 1. The van der Waals surface area contributed by atoms with Crippen LogP contribution >= 0.6 is 0 Å². The van der Waals surface area contributed by atoms with Crippen molar-refractivity contribution in [3.05, 3.63) is 24.0 Å². The van der Waals surface area contributed by atoms with Gasteiger partial charge in [0.05, 0.1) is 0 Å². The first-order valence-electron chi connectivity index (χ1n) is 7.63. The average Bonchev–Trinajstić information content (AvgIpc) is 2.36. The number of halogens is 4. The van der Waals surface area contributed by atoms with Gasteiger partial charge in [-0.25, -0.2) is 9.18 Å². The van der Waals surface area contributed by atoms with E-state index in [0.717, 1.165) is 12.1 Å². The lowest BCUT2D eigenvalue weighted by Crippen LogP contribution is -2.50. The first-order valence-corrected chi connectivity index (χ1v) is 7.63.